The summed E-state index contributed by atoms with van der Waals surface area (Å²) in [6.45, 7) is 3.91. The van der Waals surface area contributed by atoms with Gasteiger partial charge in [0.1, 0.15) is 5.54 Å². The number of ether oxygens (including phenoxy) is 1. The highest BCUT2D eigenvalue weighted by Gasteiger charge is 2.44. The Labute approximate surface area is 174 Å². The summed E-state index contributed by atoms with van der Waals surface area (Å²) in [5.74, 6) is -0.614. The van der Waals surface area contributed by atoms with Gasteiger partial charge in [0.15, 0.2) is 0 Å². The maximum atomic E-state index is 12.7. The molecule has 0 radical (unpaired) electrons. The number of carbonyl (C=O) groups excluding carboxylic acids is 2. The molecule has 2 N–H and O–H groups in total. The van der Waals surface area contributed by atoms with Crippen molar-refractivity contribution in [3.05, 3.63) is 69.3 Å². The number of nitro benzene ring substituents is 1. The Balaban J connectivity index is 1.64. The molecule has 1 amide bonds. The highest BCUT2D eigenvalue weighted by atomic mass is 16.6. The fourth-order valence-corrected chi connectivity index (χ4v) is 3.81. The maximum absolute atomic E-state index is 12.7. The number of carbonyl (C=O) groups is 2. The topological polar surface area (TPSA) is 111 Å². The second kappa shape index (κ2) is 9.04. The Hall–Kier alpha value is -3.26. The van der Waals surface area contributed by atoms with E-state index in [-0.39, 0.29) is 37.1 Å². The number of nitrogens with zero attached hydrogens (tertiary/aromatic N) is 1. The zero-order valence-corrected chi connectivity index (χ0v) is 17.1. The molecule has 0 saturated heterocycles. The van der Waals surface area contributed by atoms with Crippen LogP contribution in [0.5, 0.6) is 0 Å². The minimum absolute atomic E-state index is 0.0455. The highest BCUT2D eigenvalue weighted by Crippen LogP contribution is 2.31. The largest absolute Gasteiger partial charge is 0.465 e. The Morgan fingerprint density at radius 3 is 2.40 bits per heavy atom. The predicted octanol–water partition coefficient (Wildman–Crippen LogP) is 2.92. The fraction of sp³-hybridized carbons (Fsp3) is 0.364. The summed E-state index contributed by atoms with van der Waals surface area (Å²) in [7, 11) is 0. The highest BCUT2D eigenvalue weighted by molar-refractivity contribution is 5.92. The first kappa shape index (κ1) is 21.4. The minimum Gasteiger partial charge on any atom is -0.465 e. The number of hydrogen-bond donors (Lipinski definition) is 2. The van der Waals surface area contributed by atoms with E-state index >= 15 is 0 Å². The summed E-state index contributed by atoms with van der Waals surface area (Å²) in [5.41, 5.74) is 2.06. The smallest absolute Gasteiger partial charge is 0.327 e. The van der Waals surface area contributed by atoms with Gasteiger partial charge in [0.05, 0.1) is 22.8 Å². The van der Waals surface area contributed by atoms with E-state index in [0.29, 0.717) is 24.1 Å². The van der Waals surface area contributed by atoms with Gasteiger partial charge in [0.25, 0.3) is 5.69 Å². The van der Waals surface area contributed by atoms with Gasteiger partial charge in [-0.3, -0.25) is 19.7 Å². The van der Waals surface area contributed by atoms with Crippen LogP contribution in [0.1, 0.15) is 30.0 Å². The van der Waals surface area contributed by atoms with Crippen LogP contribution < -0.4 is 10.6 Å². The van der Waals surface area contributed by atoms with Crippen LogP contribution in [0.2, 0.25) is 0 Å². The zero-order chi connectivity index (χ0) is 21.7. The average Bonchev–Trinajstić information content (AvgIpc) is 3.09. The van der Waals surface area contributed by atoms with Crippen LogP contribution in [0, 0.1) is 17.0 Å². The van der Waals surface area contributed by atoms with Crippen molar-refractivity contribution < 1.29 is 19.2 Å². The summed E-state index contributed by atoms with van der Waals surface area (Å²) in [4.78, 5) is 35.7. The SMILES string of the molecule is CCOC(=O)C1(NCCC(=O)Nc2cccc([N+](=O)[O-])c2C)Cc2ccccc2C1. The quantitative estimate of drug-likeness (QED) is 0.393. The molecule has 158 valence electrons. The number of hydrogen-bond acceptors (Lipinski definition) is 6. The van der Waals surface area contributed by atoms with E-state index in [2.05, 4.69) is 10.6 Å². The zero-order valence-electron chi connectivity index (χ0n) is 17.1. The lowest BCUT2D eigenvalue weighted by Gasteiger charge is -2.28. The number of anilines is 1. The molecule has 30 heavy (non-hydrogen) atoms. The molecule has 2 aromatic rings. The van der Waals surface area contributed by atoms with Crippen molar-refractivity contribution in [2.24, 2.45) is 0 Å². The first-order valence-electron chi connectivity index (χ1n) is 9.89. The van der Waals surface area contributed by atoms with E-state index in [1.54, 1.807) is 19.9 Å². The molecule has 3 rings (SSSR count). The molecule has 0 saturated carbocycles. The van der Waals surface area contributed by atoms with Crippen molar-refractivity contribution in [2.75, 3.05) is 18.5 Å². The van der Waals surface area contributed by atoms with E-state index in [1.165, 1.54) is 12.1 Å². The van der Waals surface area contributed by atoms with Crippen molar-refractivity contribution in [3.63, 3.8) is 0 Å². The van der Waals surface area contributed by atoms with Gasteiger partial charge < -0.3 is 15.4 Å². The normalized spacial score (nSPS) is 14.1. The monoisotopic (exact) mass is 411 g/mol. The van der Waals surface area contributed by atoms with Gasteiger partial charge in [-0.1, -0.05) is 30.3 Å². The number of esters is 1. The van der Waals surface area contributed by atoms with E-state index in [0.717, 1.165) is 11.1 Å². The first-order valence-corrected chi connectivity index (χ1v) is 9.89. The summed E-state index contributed by atoms with van der Waals surface area (Å²) in [5, 5.41) is 17.0. The standard InChI is InChI=1S/C22H25N3O5/c1-3-30-21(27)22(13-16-7-4-5-8-17(16)14-22)23-12-11-20(26)24-18-9-6-10-19(15(18)2)25(28)29/h4-10,23H,3,11-14H2,1-2H3,(H,24,26). The number of nitrogens with one attached hydrogen (secondary N) is 2. The van der Waals surface area contributed by atoms with E-state index in [4.69, 9.17) is 4.74 Å². The van der Waals surface area contributed by atoms with Crippen molar-refractivity contribution in [1.29, 1.82) is 0 Å². The Morgan fingerprint density at radius 2 is 1.80 bits per heavy atom. The van der Waals surface area contributed by atoms with Crippen molar-refractivity contribution in [3.8, 4) is 0 Å². The van der Waals surface area contributed by atoms with Gasteiger partial charge in [-0.25, -0.2) is 0 Å². The van der Waals surface area contributed by atoms with Gasteiger partial charge in [-0.05, 0) is 31.0 Å². The molecule has 8 nitrogen and oxygen atoms in total. The first-order chi connectivity index (χ1) is 14.4. The molecule has 0 atom stereocenters. The average molecular weight is 411 g/mol. The molecule has 1 aliphatic rings. The van der Waals surface area contributed by atoms with Crippen LogP contribution in [0.25, 0.3) is 0 Å². The number of fused-ring (bicyclic) bond motifs is 1. The third-order valence-electron chi connectivity index (χ3n) is 5.36. The summed E-state index contributed by atoms with van der Waals surface area (Å²) in [6, 6.07) is 12.4. The molecule has 0 fully saturated rings. The van der Waals surface area contributed by atoms with Gasteiger partial charge >= 0.3 is 5.97 Å². The van der Waals surface area contributed by atoms with Crippen LogP contribution in [0.3, 0.4) is 0 Å². The molecule has 0 aromatic heterocycles. The molecule has 0 aliphatic heterocycles. The van der Waals surface area contributed by atoms with Crippen LogP contribution in [-0.2, 0) is 27.2 Å². The molecule has 0 unspecified atom stereocenters. The molecule has 1 aliphatic carbocycles. The second-order valence-electron chi connectivity index (χ2n) is 7.36. The molecular formula is C22H25N3O5. The Morgan fingerprint density at radius 1 is 1.13 bits per heavy atom. The number of rotatable bonds is 8. The Bertz CT molecular complexity index is 948. The van der Waals surface area contributed by atoms with Crippen LogP contribution in [0.4, 0.5) is 11.4 Å². The van der Waals surface area contributed by atoms with Gasteiger partial charge in [-0.2, -0.15) is 0 Å². The van der Waals surface area contributed by atoms with E-state index < -0.39 is 10.5 Å². The van der Waals surface area contributed by atoms with Crippen molar-refractivity contribution >= 4 is 23.3 Å². The molecule has 0 heterocycles. The molecule has 2 aromatic carbocycles. The second-order valence-corrected chi connectivity index (χ2v) is 7.36. The summed E-state index contributed by atoms with van der Waals surface area (Å²) in [6.07, 6.45) is 1.13. The van der Waals surface area contributed by atoms with Gasteiger partial charge in [0.2, 0.25) is 5.91 Å². The van der Waals surface area contributed by atoms with Crippen LogP contribution in [-0.4, -0.2) is 35.5 Å². The minimum atomic E-state index is -0.887. The third-order valence-corrected chi connectivity index (χ3v) is 5.36. The number of amides is 1. The summed E-state index contributed by atoms with van der Waals surface area (Å²) >= 11 is 0. The third kappa shape index (κ3) is 4.49. The lowest BCUT2D eigenvalue weighted by Crippen LogP contribution is -2.54. The summed E-state index contributed by atoms with van der Waals surface area (Å²) < 4.78 is 5.30. The van der Waals surface area contributed by atoms with Gasteiger partial charge in [-0.15, -0.1) is 0 Å². The number of benzene rings is 2. The molecule has 8 heteroatoms. The van der Waals surface area contributed by atoms with Crippen LogP contribution in [0.15, 0.2) is 42.5 Å². The van der Waals surface area contributed by atoms with Crippen LogP contribution >= 0.6 is 0 Å². The lowest BCUT2D eigenvalue weighted by atomic mass is 9.95. The van der Waals surface area contributed by atoms with E-state index in [1.807, 2.05) is 24.3 Å². The fourth-order valence-electron chi connectivity index (χ4n) is 3.81. The van der Waals surface area contributed by atoms with Crippen molar-refractivity contribution in [1.82, 2.24) is 5.32 Å². The Kier molecular flexibility index (Phi) is 6.47. The maximum Gasteiger partial charge on any atom is 0.327 e. The predicted molar refractivity (Wildman–Crippen MR) is 112 cm³/mol. The lowest BCUT2D eigenvalue weighted by molar-refractivity contribution is -0.385. The van der Waals surface area contributed by atoms with Crippen molar-refractivity contribution in [2.45, 2.75) is 38.6 Å². The molecular weight excluding hydrogens is 386 g/mol. The van der Waals surface area contributed by atoms with E-state index in [9.17, 15) is 19.7 Å². The van der Waals surface area contributed by atoms with Gasteiger partial charge in [0, 0.05) is 31.9 Å². The molecule has 0 spiro atoms. The molecule has 0 bridgehead atoms. The number of nitro groups is 1.